The first-order chi connectivity index (χ1) is 15.8. The molecule has 2 aromatic carbocycles. The zero-order chi connectivity index (χ0) is 23.7. The van der Waals surface area contributed by atoms with E-state index in [0.29, 0.717) is 35.4 Å². The molecule has 1 atom stereocenters. The van der Waals surface area contributed by atoms with Gasteiger partial charge in [0.2, 0.25) is 5.76 Å². The summed E-state index contributed by atoms with van der Waals surface area (Å²) in [7, 11) is 4.00. The number of carbonyl (C=O) groups is 1. The minimum absolute atomic E-state index is 0.144. The van der Waals surface area contributed by atoms with E-state index in [2.05, 4.69) is 11.5 Å². The minimum Gasteiger partial charge on any atom is -0.490 e. The molecule has 172 valence electrons. The van der Waals surface area contributed by atoms with Crippen LogP contribution in [0.5, 0.6) is 5.75 Å². The molecule has 0 fully saturated rings. The van der Waals surface area contributed by atoms with E-state index in [-0.39, 0.29) is 17.1 Å². The van der Waals surface area contributed by atoms with Gasteiger partial charge < -0.3 is 19.0 Å². The fourth-order valence-electron chi connectivity index (χ4n) is 4.31. The van der Waals surface area contributed by atoms with Gasteiger partial charge in [0.15, 0.2) is 5.43 Å². The zero-order valence-electron chi connectivity index (χ0n) is 19.7. The van der Waals surface area contributed by atoms with Crippen molar-refractivity contribution in [2.75, 3.05) is 33.8 Å². The normalized spacial score (nSPS) is 15.4. The smallest absolute Gasteiger partial charge is 0.290 e. The molecular weight excluding hydrogens is 416 g/mol. The number of nitrogens with zero attached hydrogens (tertiary/aromatic N) is 2. The molecular formula is C27H30N2O4. The standard InChI is InChI=1S/C27H30N2O4/c1-6-14-32-20-10-8-19(9-11-20)24-23-25(30)21-15-17(2)18(3)16-22(21)33-26(23)27(31)29(24)13-7-12-28(4)5/h6,8-11,15-16,24H,1,7,12-14H2,2-5H3. The molecule has 2 heterocycles. The van der Waals surface area contributed by atoms with E-state index in [1.807, 2.05) is 64.3 Å². The molecule has 0 saturated heterocycles. The van der Waals surface area contributed by atoms with Gasteiger partial charge in [0.25, 0.3) is 5.91 Å². The number of fused-ring (bicyclic) bond motifs is 2. The Morgan fingerprint density at radius 2 is 1.82 bits per heavy atom. The van der Waals surface area contributed by atoms with Crippen molar-refractivity contribution in [3.63, 3.8) is 0 Å². The van der Waals surface area contributed by atoms with Crippen LogP contribution in [-0.4, -0.2) is 49.5 Å². The molecule has 0 aliphatic carbocycles. The van der Waals surface area contributed by atoms with E-state index in [9.17, 15) is 9.59 Å². The molecule has 4 rings (SSSR count). The van der Waals surface area contributed by atoms with E-state index in [0.717, 1.165) is 29.7 Å². The summed E-state index contributed by atoms with van der Waals surface area (Å²) in [6, 6.07) is 10.7. The van der Waals surface area contributed by atoms with Crippen molar-refractivity contribution in [3.05, 3.63) is 87.3 Å². The topological polar surface area (TPSA) is 63.0 Å². The molecule has 0 saturated carbocycles. The number of hydrogen-bond donors (Lipinski definition) is 0. The van der Waals surface area contributed by atoms with Crippen LogP contribution in [0, 0.1) is 13.8 Å². The lowest BCUT2D eigenvalue weighted by Gasteiger charge is -2.26. The lowest BCUT2D eigenvalue weighted by Crippen LogP contribution is -2.32. The first-order valence-corrected chi connectivity index (χ1v) is 11.2. The largest absolute Gasteiger partial charge is 0.490 e. The van der Waals surface area contributed by atoms with Crippen LogP contribution in [0.1, 0.15) is 45.3 Å². The summed E-state index contributed by atoms with van der Waals surface area (Å²) in [5.41, 5.74) is 3.62. The highest BCUT2D eigenvalue weighted by atomic mass is 16.5. The first-order valence-electron chi connectivity index (χ1n) is 11.2. The number of rotatable bonds is 8. The maximum atomic E-state index is 13.7. The molecule has 6 nitrogen and oxygen atoms in total. The Hall–Kier alpha value is -3.38. The quantitative estimate of drug-likeness (QED) is 0.478. The molecule has 1 aromatic heterocycles. The molecule has 0 N–H and O–H groups in total. The van der Waals surface area contributed by atoms with Gasteiger partial charge in [0.05, 0.1) is 17.0 Å². The summed E-state index contributed by atoms with van der Waals surface area (Å²) in [6.45, 7) is 9.38. The molecule has 1 aliphatic rings. The fourth-order valence-corrected chi connectivity index (χ4v) is 4.31. The maximum Gasteiger partial charge on any atom is 0.290 e. The lowest BCUT2D eigenvalue weighted by molar-refractivity contribution is 0.0722. The molecule has 6 heteroatoms. The van der Waals surface area contributed by atoms with Crippen LogP contribution in [0.25, 0.3) is 11.0 Å². The number of benzene rings is 2. The summed E-state index contributed by atoms with van der Waals surface area (Å²) in [6.07, 6.45) is 2.47. The average Bonchev–Trinajstić information content (AvgIpc) is 3.06. The molecule has 3 aromatic rings. The van der Waals surface area contributed by atoms with E-state index >= 15 is 0 Å². The van der Waals surface area contributed by atoms with Crippen LogP contribution in [0.3, 0.4) is 0 Å². The second-order valence-corrected chi connectivity index (χ2v) is 8.83. The van der Waals surface area contributed by atoms with Gasteiger partial charge in [-0.3, -0.25) is 9.59 Å². The predicted octanol–water partition coefficient (Wildman–Crippen LogP) is 4.47. The van der Waals surface area contributed by atoms with Crippen LogP contribution in [0.15, 0.2) is 58.3 Å². The second kappa shape index (κ2) is 9.24. The third-order valence-electron chi connectivity index (χ3n) is 6.15. The van der Waals surface area contributed by atoms with Crippen molar-refractivity contribution < 1.29 is 13.9 Å². The van der Waals surface area contributed by atoms with Gasteiger partial charge in [-0.15, -0.1) is 0 Å². The van der Waals surface area contributed by atoms with Gasteiger partial charge in [-0.25, -0.2) is 0 Å². The second-order valence-electron chi connectivity index (χ2n) is 8.83. The maximum absolute atomic E-state index is 13.7. The molecule has 0 spiro atoms. The van der Waals surface area contributed by atoms with Crippen LogP contribution >= 0.6 is 0 Å². The number of amides is 1. The van der Waals surface area contributed by atoms with Crippen molar-refractivity contribution in [2.45, 2.75) is 26.3 Å². The van der Waals surface area contributed by atoms with Gasteiger partial charge in [0.1, 0.15) is 17.9 Å². The SMILES string of the molecule is C=CCOc1ccc(C2c3c(oc4cc(C)c(C)cc4c3=O)C(=O)N2CCCN(C)C)cc1. The van der Waals surface area contributed by atoms with Crippen molar-refractivity contribution in [3.8, 4) is 5.75 Å². The third-order valence-corrected chi connectivity index (χ3v) is 6.15. The van der Waals surface area contributed by atoms with Crippen LogP contribution in [-0.2, 0) is 0 Å². The summed E-state index contributed by atoms with van der Waals surface area (Å²) >= 11 is 0. The molecule has 1 unspecified atom stereocenters. The Bertz CT molecular complexity index is 1260. The number of aryl methyl sites for hydroxylation is 2. The molecule has 0 bridgehead atoms. The Morgan fingerprint density at radius 1 is 1.12 bits per heavy atom. The van der Waals surface area contributed by atoms with Crippen molar-refractivity contribution in [1.29, 1.82) is 0 Å². The van der Waals surface area contributed by atoms with E-state index in [1.54, 1.807) is 11.0 Å². The number of hydrogen-bond acceptors (Lipinski definition) is 5. The summed E-state index contributed by atoms with van der Waals surface area (Å²) in [4.78, 5) is 31.0. The molecule has 0 radical (unpaired) electrons. The van der Waals surface area contributed by atoms with Crippen LogP contribution < -0.4 is 10.2 Å². The first kappa shape index (κ1) is 22.8. The van der Waals surface area contributed by atoms with E-state index in [4.69, 9.17) is 9.15 Å². The van der Waals surface area contributed by atoms with Gasteiger partial charge in [-0.1, -0.05) is 24.8 Å². The zero-order valence-corrected chi connectivity index (χ0v) is 19.7. The van der Waals surface area contributed by atoms with Gasteiger partial charge in [-0.05, 0) is 81.9 Å². The van der Waals surface area contributed by atoms with Gasteiger partial charge >= 0.3 is 0 Å². The average molecular weight is 447 g/mol. The monoisotopic (exact) mass is 446 g/mol. The Kier molecular flexibility index (Phi) is 6.38. The fraction of sp³-hybridized carbons (Fsp3) is 0.333. The molecule has 33 heavy (non-hydrogen) atoms. The highest BCUT2D eigenvalue weighted by Gasteiger charge is 2.42. The summed E-state index contributed by atoms with van der Waals surface area (Å²) in [5.74, 6) is 0.620. The molecule has 1 amide bonds. The van der Waals surface area contributed by atoms with Crippen molar-refractivity contribution in [1.82, 2.24) is 9.80 Å². The highest BCUT2D eigenvalue weighted by Crippen LogP contribution is 2.39. The Morgan fingerprint density at radius 3 is 2.48 bits per heavy atom. The van der Waals surface area contributed by atoms with Gasteiger partial charge in [-0.2, -0.15) is 0 Å². The molecule has 1 aliphatic heterocycles. The predicted molar refractivity (Wildman–Crippen MR) is 130 cm³/mol. The Labute approximate surface area is 194 Å². The van der Waals surface area contributed by atoms with Crippen LogP contribution in [0.2, 0.25) is 0 Å². The lowest BCUT2D eigenvalue weighted by atomic mass is 9.97. The summed E-state index contributed by atoms with van der Waals surface area (Å²) < 4.78 is 11.7. The Balaban J connectivity index is 1.83. The summed E-state index contributed by atoms with van der Waals surface area (Å²) in [5, 5.41) is 0.510. The van der Waals surface area contributed by atoms with Crippen molar-refractivity contribution >= 4 is 16.9 Å². The highest BCUT2D eigenvalue weighted by molar-refractivity contribution is 5.99. The van der Waals surface area contributed by atoms with Crippen LogP contribution in [0.4, 0.5) is 0 Å². The number of carbonyl (C=O) groups excluding carboxylic acids is 1. The van der Waals surface area contributed by atoms with E-state index in [1.165, 1.54) is 0 Å². The van der Waals surface area contributed by atoms with Gasteiger partial charge in [0, 0.05) is 6.54 Å². The van der Waals surface area contributed by atoms with Crippen molar-refractivity contribution in [2.24, 2.45) is 0 Å². The minimum atomic E-state index is -0.495. The van der Waals surface area contributed by atoms with E-state index < -0.39 is 6.04 Å². The third kappa shape index (κ3) is 4.31. The number of ether oxygens (including phenoxy) is 1.